The van der Waals surface area contributed by atoms with Crippen LogP contribution in [-0.2, 0) is 5.54 Å². The van der Waals surface area contributed by atoms with Crippen LogP contribution in [0.25, 0.3) is 0 Å². The lowest BCUT2D eigenvalue weighted by atomic mass is 9.84. The number of aliphatic hydroxyl groups excluding tert-OH is 1. The summed E-state index contributed by atoms with van der Waals surface area (Å²) in [6.45, 7) is 10.5. The molecule has 2 aromatic carbocycles. The summed E-state index contributed by atoms with van der Waals surface area (Å²) < 4.78 is 0. The first-order valence-corrected chi connectivity index (χ1v) is 7.40. The average Bonchev–Trinajstić information content (AvgIpc) is 2.37. The summed E-state index contributed by atoms with van der Waals surface area (Å²) in [6, 6.07) is 12.6. The smallest absolute Gasteiger partial charge is 0.0833 e. The molecule has 2 N–H and O–H groups in total. The van der Waals surface area contributed by atoms with Gasteiger partial charge in [-0.1, -0.05) is 29.8 Å². The molecule has 0 radical (unpaired) electrons. The van der Waals surface area contributed by atoms with Crippen molar-refractivity contribution in [2.24, 2.45) is 0 Å². The molecular formula is C19H25NO. The van der Waals surface area contributed by atoms with E-state index in [1.807, 2.05) is 12.1 Å². The predicted molar refractivity (Wildman–Crippen MR) is 89.9 cm³/mol. The molecule has 0 aliphatic carbocycles. The van der Waals surface area contributed by atoms with E-state index in [0.29, 0.717) is 0 Å². The molecule has 0 aromatic heterocycles. The van der Waals surface area contributed by atoms with E-state index in [2.05, 4.69) is 64.2 Å². The van der Waals surface area contributed by atoms with Crippen LogP contribution < -0.4 is 5.32 Å². The molecule has 0 amide bonds. The van der Waals surface area contributed by atoms with Gasteiger partial charge in [-0.2, -0.15) is 0 Å². The van der Waals surface area contributed by atoms with E-state index in [1.165, 1.54) is 27.8 Å². The van der Waals surface area contributed by atoms with E-state index in [1.54, 1.807) is 0 Å². The topological polar surface area (TPSA) is 32.3 Å². The van der Waals surface area contributed by atoms with Crippen LogP contribution in [0.5, 0.6) is 0 Å². The van der Waals surface area contributed by atoms with E-state index in [0.717, 1.165) is 5.69 Å². The predicted octanol–water partition coefficient (Wildman–Crippen LogP) is 4.24. The second-order valence-electron chi connectivity index (χ2n) is 6.26. The number of aryl methyl sites for hydroxylation is 4. The summed E-state index contributed by atoms with van der Waals surface area (Å²) in [7, 11) is 0. The molecule has 0 heterocycles. The minimum atomic E-state index is -0.490. The van der Waals surface area contributed by atoms with Gasteiger partial charge in [0.1, 0.15) is 0 Å². The molecule has 0 saturated heterocycles. The molecule has 0 saturated carbocycles. The van der Waals surface area contributed by atoms with Crippen molar-refractivity contribution in [3.63, 3.8) is 0 Å². The van der Waals surface area contributed by atoms with E-state index >= 15 is 0 Å². The Morgan fingerprint density at radius 3 is 2.10 bits per heavy atom. The molecule has 2 heteroatoms. The first-order chi connectivity index (χ1) is 9.85. The molecule has 2 rings (SSSR count). The molecule has 112 valence electrons. The number of hydrogen-bond acceptors (Lipinski definition) is 2. The SMILES string of the molecule is Cc1cccc(NC(C)(CO)c2c(C)cc(C)cc2C)c1. The molecule has 21 heavy (non-hydrogen) atoms. The Bertz CT molecular complexity index is 625. The van der Waals surface area contributed by atoms with Gasteiger partial charge in [-0.25, -0.2) is 0 Å². The third kappa shape index (κ3) is 3.27. The summed E-state index contributed by atoms with van der Waals surface area (Å²) in [5.41, 5.74) is 6.61. The number of aliphatic hydroxyl groups is 1. The molecule has 0 fully saturated rings. The fraction of sp³-hybridized carbons (Fsp3) is 0.368. The molecule has 1 atom stereocenters. The van der Waals surface area contributed by atoms with Gasteiger partial charge in [-0.3, -0.25) is 0 Å². The molecule has 0 aliphatic heterocycles. The summed E-state index contributed by atoms with van der Waals surface area (Å²) in [4.78, 5) is 0. The lowest BCUT2D eigenvalue weighted by Gasteiger charge is -2.34. The number of benzene rings is 2. The molecule has 0 aliphatic rings. The normalized spacial score (nSPS) is 13.8. The van der Waals surface area contributed by atoms with Crippen molar-refractivity contribution < 1.29 is 5.11 Å². The number of nitrogens with one attached hydrogen (secondary N) is 1. The van der Waals surface area contributed by atoms with E-state index in [4.69, 9.17) is 0 Å². The quantitative estimate of drug-likeness (QED) is 0.879. The Balaban J connectivity index is 2.46. The first kappa shape index (κ1) is 15.6. The Morgan fingerprint density at radius 2 is 1.57 bits per heavy atom. The fourth-order valence-electron chi connectivity index (χ4n) is 3.27. The van der Waals surface area contributed by atoms with Gasteiger partial charge in [0.2, 0.25) is 0 Å². The van der Waals surface area contributed by atoms with Crippen LogP contribution in [0.2, 0.25) is 0 Å². The molecular weight excluding hydrogens is 258 g/mol. The van der Waals surface area contributed by atoms with Crippen LogP contribution in [0.4, 0.5) is 5.69 Å². The molecule has 2 aromatic rings. The largest absolute Gasteiger partial charge is 0.394 e. The van der Waals surface area contributed by atoms with Crippen LogP contribution in [0.3, 0.4) is 0 Å². The Hall–Kier alpha value is -1.80. The van der Waals surface area contributed by atoms with Gasteiger partial charge in [0.05, 0.1) is 12.1 Å². The zero-order valence-corrected chi connectivity index (χ0v) is 13.6. The third-order valence-electron chi connectivity index (χ3n) is 3.98. The fourth-order valence-corrected chi connectivity index (χ4v) is 3.27. The highest BCUT2D eigenvalue weighted by Gasteiger charge is 2.29. The second-order valence-corrected chi connectivity index (χ2v) is 6.26. The number of anilines is 1. The average molecular weight is 283 g/mol. The highest BCUT2D eigenvalue weighted by Crippen LogP contribution is 2.32. The second kappa shape index (κ2) is 5.90. The first-order valence-electron chi connectivity index (χ1n) is 7.40. The lowest BCUT2D eigenvalue weighted by Crippen LogP contribution is -2.37. The van der Waals surface area contributed by atoms with Crippen LogP contribution >= 0.6 is 0 Å². The monoisotopic (exact) mass is 283 g/mol. The van der Waals surface area contributed by atoms with Gasteiger partial charge in [-0.15, -0.1) is 0 Å². The third-order valence-corrected chi connectivity index (χ3v) is 3.98. The summed E-state index contributed by atoms with van der Waals surface area (Å²) in [6.07, 6.45) is 0. The summed E-state index contributed by atoms with van der Waals surface area (Å²) in [5, 5.41) is 13.5. The lowest BCUT2D eigenvalue weighted by molar-refractivity contribution is 0.223. The van der Waals surface area contributed by atoms with Gasteiger partial charge in [0.25, 0.3) is 0 Å². The van der Waals surface area contributed by atoms with Crippen molar-refractivity contribution in [3.8, 4) is 0 Å². The van der Waals surface area contributed by atoms with Gasteiger partial charge in [0, 0.05) is 5.69 Å². The van der Waals surface area contributed by atoms with Crippen molar-refractivity contribution in [1.29, 1.82) is 0 Å². The van der Waals surface area contributed by atoms with Crippen molar-refractivity contribution in [2.75, 3.05) is 11.9 Å². The van der Waals surface area contributed by atoms with E-state index in [-0.39, 0.29) is 6.61 Å². The van der Waals surface area contributed by atoms with Crippen LogP contribution in [0.15, 0.2) is 36.4 Å². The van der Waals surface area contributed by atoms with Crippen molar-refractivity contribution >= 4 is 5.69 Å². The standard InChI is InChI=1S/C19H25NO/c1-13-7-6-8-17(11-13)20-19(5,12-21)18-15(3)9-14(2)10-16(18)4/h6-11,20-21H,12H2,1-5H3. The van der Waals surface area contributed by atoms with Gasteiger partial charge in [-0.05, 0) is 69.0 Å². The van der Waals surface area contributed by atoms with Crippen LogP contribution in [0.1, 0.15) is 34.7 Å². The Morgan fingerprint density at radius 1 is 0.952 bits per heavy atom. The molecule has 0 bridgehead atoms. The maximum absolute atomic E-state index is 10.0. The van der Waals surface area contributed by atoms with Crippen molar-refractivity contribution in [1.82, 2.24) is 0 Å². The van der Waals surface area contributed by atoms with Crippen molar-refractivity contribution in [3.05, 3.63) is 64.2 Å². The van der Waals surface area contributed by atoms with Crippen molar-refractivity contribution in [2.45, 2.75) is 40.2 Å². The molecule has 1 unspecified atom stereocenters. The summed E-state index contributed by atoms with van der Waals surface area (Å²) >= 11 is 0. The Labute approximate surface area is 127 Å². The van der Waals surface area contributed by atoms with E-state index in [9.17, 15) is 5.11 Å². The highest BCUT2D eigenvalue weighted by molar-refractivity contribution is 5.52. The zero-order chi connectivity index (χ0) is 15.6. The Kier molecular flexibility index (Phi) is 4.38. The minimum Gasteiger partial charge on any atom is -0.394 e. The zero-order valence-electron chi connectivity index (χ0n) is 13.6. The van der Waals surface area contributed by atoms with Gasteiger partial charge < -0.3 is 10.4 Å². The minimum absolute atomic E-state index is 0.0473. The van der Waals surface area contributed by atoms with Gasteiger partial charge in [0.15, 0.2) is 0 Å². The molecule has 2 nitrogen and oxygen atoms in total. The summed E-state index contributed by atoms with van der Waals surface area (Å²) in [5.74, 6) is 0. The van der Waals surface area contributed by atoms with Crippen LogP contribution in [-0.4, -0.2) is 11.7 Å². The van der Waals surface area contributed by atoms with Gasteiger partial charge >= 0.3 is 0 Å². The highest BCUT2D eigenvalue weighted by atomic mass is 16.3. The number of rotatable bonds is 4. The van der Waals surface area contributed by atoms with Crippen LogP contribution in [0, 0.1) is 27.7 Å². The maximum atomic E-state index is 10.0. The maximum Gasteiger partial charge on any atom is 0.0833 e. The number of hydrogen-bond donors (Lipinski definition) is 2. The molecule has 0 spiro atoms. The van der Waals surface area contributed by atoms with E-state index < -0.39 is 5.54 Å².